The summed E-state index contributed by atoms with van der Waals surface area (Å²) in [6.07, 6.45) is -0.647. The van der Waals surface area contributed by atoms with Crippen LogP contribution in [0.4, 0.5) is 0 Å². The number of hydrogen-bond acceptors (Lipinski definition) is 3. The van der Waals surface area contributed by atoms with Crippen LogP contribution in [0.5, 0.6) is 11.5 Å². The standard InChI is InChI=1S/C19H22ClNO3/c1-13-8-4-6-10-17(13)23-12-14(2)21-19(22)15(3)24-18-11-7-5-9-16(18)20/h4-11,14-15H,12H2,1-3H3,(H,21,22)/t14-,15-/m0/s1. The van der Waals surface area contributed by atoms with Gasteiger partial charge in [-0.3, -0.25) is 4.79 Å². The Morgan fingerprint density at radius 2 is 1.71 bits per heavy atom. The van der Waals surface area contributed by atoms with Crippen molar-refractivity contribution < 1.29 is 14.3 Å². The van der Waals surface area contributed by atoms with Crippen molar-refractivity contribution in [2.45, 2.75) is 32.9 Å². The number of amides is 1. The van der Waals surface area contributed by atoms with Crippen LogP contribution in [-0.2, 0) is 4.79 Å². The van der Waals surface area contributed by atoms with Gasteiger partial charge in [-0.15, -0.1) is 0 Å². The maximum atomic E-state index is 12.2. The highest BCUT2D eigenvalue weighted by molar-refractivity contribution is 6.32. The van der Waals surface area contributed by atoms with E-state index in [1.54, 1.807) is 19.1 Å². The first-order chi connectivity index (χ1) is 11.5. The molecule has 2 rings (SSSR count). The fourth-order valence-electron chi connectivity index (χ4n) is 2.12. The van der Waals surface area contributed by atoms with E-state index in [0.29, 0.717) is 17.4 Å². The molecule has 128 valence electrons. The zero-order valence-corrected chi connectivity index (χ0v) is 14.8. The highest BCUT2D eigenvalue weighted by Gasteiger charge is 2.18. The molecule has 2 aromatic rings. The second-order valence-corrected chi connectivity index (χ2v) is 6.08. The highest BCUT2D eigenvalue weighted by Crippen LogP contribution is 2.24. The van der Waals surface area contributed by atoms with Crippen LogP contribution < -0.4 is 14.8 Å². The van der Waals surface area contributed by atoms with Gasteiger partial charge in [-0.1, -0.05) is 41.9 Å². The van der Waals surface area contributed by atoms with Crippen molar-refractivity contribution in [3.63, 3.8) is 0 Å². The lowest BCUT2D eigenvalue weighted by molar-refractivity contribution is -0.128. The molecule has 0 bridgehead atoms. The number of carbonyl (C=O) groups excluding carboxylic acids is 1. The Balaban J connectivity index is 1.82. The van der Waals surface area contributed by atoms with Crippen molar-refractivity contribution >= 4 is 17.5 Å². The highest BCUT2D eigenvalue weighted by atomic mass is 35.5. The second kappa shape index (κ2) is 8.60. The summed E-state index contributed by atoms with van der Waals surface area (Å²) in [5, 5.41) is 3.36. The molecule has 0 aliphatic rings. The summed E-state index contributed by atoms with van der Waals surface area (Å²) >= 11 is 6.03. The number of carbonyl (C=O) groups is 1. The summed E-state index contributed by atoms with van der Waals surface area (Å²) in [5.74, 6) is 1.10. The number of benzene rings is 2. The molecule has 2 aromatic carbocycles. The number of para-hydroxylation sites is 2. The normalized spacial score (nSPS) is 13.0. The third-order valence-corrected chi connectivity index (χ3v) is 3.79. The van der Waals surface area contributed by atoms with E-state index >= 15 is 0 Å². The summed E-state index contributed by atoms with van der Waals surface area (Å²) in [6.45, 7) is 5.94. The van der Waals surface area contributed by atoms with Gasteiger partial charge in [0, 0.05) is 0 Å². The molecule has 0 spiro atoms. The Hall–Kier alpha value is -2.20. The van der Waals surface area contributed by atoms with Gasteiger partial charge < -0.3 is 14.8 Å². The van der Waals surface area contributed by atoms with E-state index in [4.69, 9.17) is 21.1 Å². The summed E-state index contributed by atoms with van der Waals surface area (Å²) in [4.78, 5) is 12.2. The van der Waals surface area contributed by atoms with Gasteiger partial charge in [-0.25, -0.2) is 0 Å². The van der Waals surface area contributed by atoms with Gasteiger partial charge in [0.25, 0.3) is 5.91 Å². The zero-order valence-electron chi connectivity index (χ0n) is 14.1. The monoisotopic (exact) mass is 347 g/mol. The molecular weight excluding hydrogens is 326 g/mol. The molecule has 0 aromatic heterocycles. The van der Waals surface area contributed by atoms with Crippen molar-refractivity contribution in [2.24, 2.45) is 0 Å². The first kappa shape index (κ1) is 18.1. The molecule has 0 aliphatic carbocycles. The lowest BCUT2D eigenvalue weighted by atomic mass is 10.2. The molecule has 0 unspecified atom stereocenters. The van der Waals surface area contributed by atoms with Gasteiger partial charge in [0.05, 0.1) is 11.1 Å². The number of nitrogens with one attached hydrogen (secondary N) is 1. The average Bonchev–Trinajstić information content (AvgIpc) is 2.56. The van der Waals surface area contributed by atoms with Crippen molar-refractivity contribution in [1.82, 2.24) is 5.32 Å². The Labute approximate surface area is 147 Å². The quantitative estimate of drug-likeness (QED) is 0.823. The maximum Gasteiger partial charge on any atom is 0.261 e. The fourth-order valence-corrected chi connectivity index (χ4v) is 2.30. The van der Waals surface area contributed by atoms with E-state index in [1.165, 1.54) is 0 Å². The largest absolute Gasteiger partial charge is 0.491 e. The number of aryl methyl sites for hydroxylation is 1. The molecule has 4 nitrogen and oxygen atoms in total. The van der Waals surface area contributed by atoms with E-state index < -0.39 is 6.10 Å². The molecule has 0 fully saturated rings. The Morgan fingerprint density at radius 3 is 2.38 bits per heavy atom. The maximum absolute atomic E-state index is 12.2. The van der Waals surface area contributed by atoms with Crippen molar-refractivity contribution in [1.29, 1.82) is 0 Å². The Kier molecular flexibility index (Phi) is 6.50. The van der Waals surface area contributed by atoms with Gasteiger partial charge in [0.15, 0.2) is 6.10 Å². The first-order valence-corrected chi connectivity index (χ1v) is 8.25. The second-order valence-electron chi connectivity index (χ2n) is 5.68. The van der Waals surface area contributed by atoms with Crippen molar-refractivity contribution in [3.8, 4) is 11.5 Å². The SMILES string of the molecule is Cc1ccccc1OC[C@H](C)NC(=O)[C@H](C)Oc1ccccc1Cl. The van der Waals surface area contributed by atoms with Crippen LogP contribution in [0.1, 0.15) is 19.4 Å². The molecule has 1 amide bonds. The third-order valence-electron chi connectivity index (χ3n) is 3.48. The van der Waals surface area contributed by atoms with E-state index in [1.807, 2.05) is 50.2 Å². The minimum absolute atomic E-state index is 0.144. The van der Waals surface area contributed by atoms with Crippen LogP contribution in [0, 0.1) is 6.92 Å². The smallest absolute Gasteiger partial charge is 0.261 e. The molecule has 2 atom stereocenters. The van der Waals surface area contributed by atoms with E-state index in [-0.39, 0.29) is 11.9 Å². The molecule has 0 saturated heterocycles. The summed E-state index contributed by atoms with van der Waals surface area (Å²) in [6, 6.07) is 14.7. The van der Waals surface area contributed by atoms with Crippen LogP contribution in [0.2, 0.25) is 5.02 Å². The van der Waals surface area contributed by atoms with Gasteiger partial charge in [0.2, 0.25) is 0 Å². The molecule has 0 saturated carbocycles. The Morgan fingerprint density at radius 1 is 1.08 bits per heavy atom. The van der Waals surface area contributed by atoms with E-state index in [0.717, 1.165) is 11.3 Å². The fraction of sp³-hybridized carbons (Fsp3) is 0.316. The molecule has 0 radical (unpaired) electrons. The summed E-state index contributed by atoms with van der Waals surface area (Å²) < 4.78 is 11.3. The number of rotatable bonds is 7. The van der Waals surface area contributed by atoms with Crippen molar-refractivity contribution in [2.75, 3.05) is 6.61 Å². The molecule has 1 N–H and O–H groups in total. The lowest BCUT2D eigenvalue weighted by Gasteiger charge is -2.20. The molecule has 24 heavy (non-hydrogen) atoms. The minimum Gasteiger partial charge on any atom is -0.491 e. The van der Waals surface area contributed by atoms with Gasteiger partial charge >= 0.3 is 0 Å². The van der Waals surface area contributed by atoms with Gasteiger partial charge in [0.1, 0.15) is 18.1 Å². The molecular formula is C19H22ClNO3. The first-order valence-electron chi connectivity index (χ1n) is 7.87. The van der Waals surface area contributed by atoms with Crippen LogP contribution >= 0.6 is 11.6 Å². The number of ether oxygens (including phenoxy) is 2. The van der Waals surface area contributed by atoms with Crippen molar-refractivity contribution in [3.05, 3.63) is 59.1 Å². The molecule has 0 heterocycles. The zero-order chi connectivity index (χ0) is 17.5. The van der Waals surface area contributed by atoms with E-state index in [9.17, 15) is 4.79 Å². The predicted octanol–water partition coefficient (Wildman–Crippen LogP) is 4.00. The molecule has 0 aliphatic heterocycles. The van der Waals surface area contributed by atoms with Crippen LogP contribution in [-0.4, -0.2) is 24.7 Å². The van der Waals surface area contributed by atoms with Crippen LogP contribution in [0.3, 0.4) is 0 Å². The van der Waals surface area contributed by atoms with Gasteiger partial charge in [-0.05, 0) is 44.5 Å². The minimum atomic E-state index is -0.647. The number of hydrogen-bond donors (Lipinski definition) is 1. The molecule has 5 heteroatoms. The van der Waals surface area contributed by atoms with Crippen LogP contribution in [0.25, 0.3) is 0 Å². The topological polar surface area (TPSA) is 47.6 Å². The lowest BCUT2D eigenvalue weighted by Crippen LogP contribution is -2.43. The van der Waals surface area contributed by atoms with Crippen LogP contribution in [0.15, 0.2) is 48.5 Å². The summed E-state index contributed by atoms with van der Waals surface area (Å²) in [7, 11) is 0. The predicted molar refractivity (Wildman–Crippen MR) is 95.8 cm³/mol. The Bertz CT molecular complexity index is 690. The number of halogens is 1. The average molecular weight is 348 g/mol. The third kappa shape index (κ3) is 5.17. The summed E-state index contributed by atoms with van der Waals surface area (Å²) in [5.41, 5.74) is 1.06. The van der Waals surface area contributed by atoms with E-state index in [2.05, 4.69) is 5.32 Å². The van der Waals surface area contributed by atoms with Gasteiger partial charge in [-0.2, -0.15) is 0 Å².